The summed E-state index contributed by atoms with van der Waals surface area (Å²) in [4.78, 5) is 48.7. The molecule has 2 amide bonds. The molecule has 0 aliphatic carbocycles. The van der Waals surface area contributed by atoms with Crippen LogP contribution in [-0.4, -0.2) is 70.8 Å². The van der Waals surface area contributed by atoms with Gasteiger partial charge in [0.2, 0.25) is 5.91 Å². The standard InChI is InChI=1S/C26H30N4O4S/c1-3-34-25(33)20-7-6-14-30(15-20)23(31)16-29(2)24(32)19-12-10-18(11-13-19)17-35-26-27-21-8-4-5-9-22(21)28-26/h4-5,8-13,20H,3,6-7,14-17H2,1-2H3,(H,27,28). The summed E-state index contributed by atoms with van der Waals surface area (Å²) in [5.74, 6) is -0.201. The molecule has 184 valence electrons. The average Bonchev–Trinajstić information content (AvgIpc) is 3.30. The fourth-order valence-electron chi connectivity index (χ4n) is 4.14. The number of aromatic amines is 1. The Morgan fingerprint density at radius 3 is 2.69 bits per heavy atom. The van der Waals surface area contributed by atoms with Gasteiger partial charge in [-0.05, 0) is 49.6 Å². The first kappa shape index (κ1) is 24.8. The highest BCUT2D eigenvalue weighted by Crippen LogP contribution is 2.23. The van der Waals surface area contributed by atoms with E-state index in [4.69, 9.17) is 4.74 Å². The molecule has 35 heavy (non-hydrogen) atoms. The van der Waals surface area contributed by atoms with Crippen LogP contribution in [0.5, 0.6) is 0 Å². The van der Waals surface area contributed by atoms with Gasteiger partial charge in [-0.25, -0.2) is 4.98 Å². The van der Waals surface area contributed by atoms with Crippen molar-refractivity contribution in [3.8, 4) is 0 Å². The lowest BCUT2D eigenvalue weighted by Crippen LogP contribution is -2.47. The molecule has 9 heteroatoms. The van der Waals surface area contributed by atoms with Crippen molar-refractivity contribution >= 4 is 40.6 Å². The van der Waals surface area contributed by atoms with Gasteiger partial charge in [0, 0.05) is 31.5 Å². The molecule has 1 N–H and O–H groups in total. The summed E-state index contributed by atoms with van der Waals surface area (Å²) < 4.78 is 5.10. The number of carbonyl (C=O) groups is 3. The minimum absolute atomic E-state index is 0.0297. The third-order valence-electron chi connectivity index (χ3n) is 6.06. The lowest BCUT2D eigenvalue weighted by Gasteiger charge is -2.32. The van der Waals surface area contributed by atoms with Crippen molar-refractivity contribution in [2.24, 2.45) is 5.92 Å². The molecule has 1 unspecified atom stereocenters. The Balaban J connectivity index is 1.29. The number of amides is 2. The number of aromatic nitrogens is 2. The van der Waals surface area contributed by atoms with Crippen LogP contribution in [-0.2, 0) is 20.1 Å². The predicted octanol–water partition coefficient (Wildman–Crippen LogP) is 3.73. The van der Waals surface area contributed by atoms with Gasteiger partial charge in [0.1, 0.15) is 0 Å². The first-order chi connectivity index (χ1) is 16.9. The van der Waals surface area contributed by atoms with Gasteiger partial charge in [0.25, 0.3) is 5.91 Å². The lowest BCUT2D eigenvalue weighted by atomic mass is 9.98. The van der Waals surface area contributed by atoms with Crippen molar-refractivity contribution in [1.29, 1.82) is 0 Å². The van der Waals surface area contributed by atoms with E-state index < -0.39 is 0 Å². The van der Waals surface area contributed by atoms with Gasteiger partial charge in [-0.1, -0.05) is 36.0 Å². The van der Waals surface area contributed by atoms with E-state index in [1.165, 1.54) is 4.90 Å². The SMILES string of the molecule is CCOC(=O)C1CCCN(C(=O)CN(C)C(=O)c2ccc(CSc3nc4ccccc4[nH]3)cc2)C1. The fraction of sp³-hybridized carbons (Fsp3) is 0.385. The highest BCUT2D eigenvalue weighted by Gasteiger charge is 2.30. The van der Waals surface area contributed by atoms with Crippen molar-refractivity contribution in [2.75, 3.05) is 33.3 Å². The van der Waals surface area contributed by atoms with Crippen molar-refractivity contribution in [1.82, 2.24) is 19.8 Å². The number of thioether (sulfide) groups is 1. The summed E-state index contributed by atoms with van der Waals surface area (Å²) in [6, 6.07) is 15.3. The van der Waals surface area contributed by atoms with E-state index in [-0.39, 0.29) is 30.2 Å². The average molecular weight is 495 g/mol. The number of likely N-dealkylation sites (tertiary alicyclic amines) is 1. The molecule has 1 saturated heterocycles. The summed E-state index contributed by atoms with van der Waals surface area (Å²) in [6.45, 7) is 3.01. The van der Waals surface area contributed by atoms with Gasteiger partial charge in [0.15, 0.2) is 5.16 Å². The number of likely N-dealkylation sites (N-methyl/N-ethyl adjacent to an activating group) is 1. The van der Waals surface area contributed by atoms with Crippen LogP contribution in [0, 0.1) is 5.92 Å². The number of nitrogens with zero attached hydrogens (tertiary/aromatic N) is 3. The minimum atomic E-state index is -0.293. The van der Waals surface area contributed by atoms with E-state index in [2.05, 4.69) is 9.97 Å². The Labute approximate surface area is 209 Å². The number of rotatable bonds is 8. The van der Waals surface area contributed by atoms with Crippen molar-refractivity contribution in [2.45, 2.75) is 30.7 Å². The van der Waals surface area contributed by atoms with E-state index in [0.717, 1.165) is 40.3 Å². The topological polar surface area (TPSA) is 95.6 Å². The van der Waals surface area contributed by atoms with Gasteiger partial charge >= 0.3 is 5.97 Å². The number of para-hydroxylation sites is 2. The maximum absolute atomic E-state index is 12.9. The molecule has 2 aromatic carbocycles. The zero-order chi connectivity index (χ0) is 24.8. The number of carbonyl (C=O) groups excluding carboxylic acids is 3. The summed E-state index contributed by atoms with van der Waals surface area (Å²) in [7, 11) is 1.62. The molecule has 1 fully saturated rings. The lowest BCUT2D eigenvalue weighted by molar-refractivity contribution is -0.151. The first-order valence-electron chi connectivity index (χ1n) is 11.8. The van der Waals surface area contributed by atoms with Gasteiger partial charge in [-0.15, -0.1) is 0 Å². The van der Waals surface area contributed by atoms with Crippen LogP contribution in [0.25, 0.3) is 11.0 Å². The number of H-pyrrole nitrogens is 1. The van der Waals surface area contributed by atoms with Crippen LogP contribution in [0.3, 0.4) is 0 Å². The second-order valence-electron chi connectivity index (χ2n) is 8.64. The zero-order valence-corrected chi connectivity index (χ0v) is 20.8. The maximum Gasteiger partial charge on any atom is 0.310 e. The molecule has 1 aliphatic heterocycles. The minimum Gasteiger partial charge on any atom is -0.466 e. The van der Waals surface area contributed by atoms with Crippen molar-refractivity contribution in [3.05, 3.63) is 59.7 Å². The van der Waals surface area contributed by atoms with Gasteiger partial charge < -0.3 is 19.5 Å². The number of esters is 1. The van der Waals surface area contributed by atoms with E-state index in [9.17, 15) is 14.4 Å². The Morgan fingerprint density at radius 2 is 1.94 bits per heavy atom. The molecule has 0 spiro atoms. The highest BCUT2D eigenvalue weighted by molar-refractivity contribution is 7.98. The predicted molar refractivity (Wildman–Crippen MR) is 135 cm³/mol. The second-order valence-corrected chi connectivity index (χ2v) is 9.60. The number of nitrogens with one attached hydrogen (secondary N) is 1. The first-order valence-corrected chi connectivity index (χ1v) is 12.8. The third kappa shape index (κ3) is 6.22. The van der Waals surface area contributed by atoms with E-state index in [1.807, 2.05) is 36.4 Å². The molecule has 0 bridgehead atoms. The Hall–Kier alpha value is -3.33. The molecular formula is C26H30N4O4S. The summed E-state index contributed by atoms with van der Waals surface area (Å²) in [6.07, 6.45) is 1.47. The Bertz CT molecular complexity index is 1160. The van der Waals surface area contributed by atoms with E-state index in [0.29, 0.717) is 25.3 Å². The smallest absolute Gasteiger partial charge is 0.310 e. The van der Waals surface area contributed by atoms with Crippen LogP contribution >= 0.6 is 11.8 Å². The normalized spacial score (nSPS) is 15.7. The van der Waals surface area contributed by atoms with Crippen LogP contribution < -0.4 is 0 Å². The number of benzene rings is 2. The number of hydrogen-bond donors (Lipinski definition) is 1. The molecule has 2 heterocycles. The third-order valence-corrected chi connectivity index (χ3v) is 7.00. The van der Waals surface area contributed by atoms with Crippen molar-refractivity contribution < 1.29 is 19.1 Å². The zero-order valence-electron chi connectivity index (χ0n) is 20.0. The van der Waals surface area contributed by atoms with Crippen LogP contribution in [0.2, 0.25) is 0 Å². The number of piperidine rings is 1. The van der Waals surface area contributed by atoms with Crippen LogP contribution in [0.4, 0.5) is 0 Å². The molecule has 1 atom stereocenters. The second kappa shape index (κ2) is 11.4. The Kier molecular flexibility index (Phi) is 8.07. The molecular weight excluding hydrogens is 464 g/mol. The number of fused-ring (bicyclic) bond motifs is 1. The van der Waals surface area contributed by atoms with Crippen LogP contribution in [0.1, 0.15) is 35.7 Å². The Morgan fingerprint density at radius 1 is 1.17 bits per heavy atom. The largest absolute Gasteiger partial charge is 0.466 e. The molecule has 0 saturated carbocycles. The van der Waals surface area contributed by atoms with E-state index >= 15 is 0 Å². The summed E-state index contributed by atoms with van der Waals surface area (Å²) in [5, 5.41) is 0.854. The highest BCUT2D eigenvalue weighted by atomic mass is 32.2. The summed E-state index contributed by atoms with van der Waals surface area (Å²) >= 11 is 1.60. The maximum atomic E-state index is 12.9. The molecule has 8 nitrogen and oxygen atoms in total. The number of imidazole rings is 1. The van der Waals surface area contributed by atoms with Gasteiger partial charge in [0.05, 0.1) is 30.1 Å². The molecule has 0 radical (unpaired) electrons. The number of ether oxygens (including phenoxy) is 1. The fourth-order valence-corrected chi connectivity index (χ4v) is 4.99. The van der Waals surface area contributed by atoms with E-state index in [1.54, 1.807) is 42.8 Å². The molecule has 3 aromatic rings. The monoisotopic (exact) mass is 494 g/mol. The summed E-state index contributed by atoms with van der Waals surface area (Å²) in [5.41, 5.74) is 3.55. The van der Waals surface area contributed by atoms with Gasteiger partial charge in [-0.3, -0.25) is 14.4 Å². The molecule has 1 aromatic heterocycles. The molecule has 1 aliphatic rings. The number of hydrogen-bond acceptors (Lipinski definition) is 6. The van der Waals surface area contributed by atoms with Crippen molar-refractivity contribution in [3.63, 3.8) is 0 Å². The molecule has 4 rings (SSSR count). The van der Waals surface area contributed by atoms with Gasteiger partial charge in [-0.2, -0.15) is 0 Å². The van der Waals surface area contributed by atoms with Crippen LogP contribution in [0.15, 0.2) is 53.7 Å². The quantitative estimate of drug-likeness (QED) is 0.379.